The third-order valence-corrected chi connectivity index (χ3v) is 16.0. The maximum atomic E-state index is 12.8. The summed E-state index contributed by atoms with van der Waals surface area (Å²) in [5.41, 5.74) is 4.43. The molecule has 0 aromatic rings. The van der Waals surface area contributed by atoms with Crippen LogP contribution < -0.4 is 5.32 Å². The molecule has 1 amide bonds. The molecule has 1 N–H and O–H groups in total. The van der Waals surface area contributed by atoms with Crippen molar-refractivity contribution in [3.05, 3.63) is 11.1 Å². The van der Waals surface area contributed by atoms with Gasteiger partial charge in [0.2, 0.25) is 5.91 Å². The number of allylic oxidation sites excluding steroid dienone is 1. The predicted octanol–water partition coefficient (Wildman–Crippen LogP) is 6.88. The minimum atomic E-state index is -0.0313. The molecule has 212 valence electrons. The van der Waals surface area contributed by atoms with Gasteiger partial charge in [-0.15, -0.1) is 0 Å². The third-order valence-electron chi connectivity index (χ3n) is 16.0. The molecule has 4 heteroatoms. The molecule has 0 radical (unpaired) electrons. The Bertz CT molecular complexity index is 1150. The fraction of sp³-hybridized carbons (Fsp3) is 0.912. The van der Waals surface area contributed by atoms with Gasteiger partial charge in [0.15, 0.2) is 0 Å². The number of nitrogens with one attached hydrogen (secondary N) is 1. The number of nitrogens with zero attached hydrogens (tertiary/aromatic N) is 1. The summed E-state index contributed by atoms with van der Waals surface area (Å²) in [5.74, 6) is 1.57. The van der Waals surface area contributed by atoms with Crippen molar-refractivity contribution in [2.24, 2.45) is 38.9 Å². The molecule has 4 nitrogen and oxygen atoms in total. The van der Waals surface area contributed by atoms with Crippen molar-refractivity contribution < 1.29 is 9.53 Å². The molecule has 0 bridgehead atoms. The summed E-state index contributed by atoms with van der Waals surface area (Å²) in [6, 6.07) is 0. The van der Waals surface area contributed by atoms with Crippen molar-refractivity contribution in [3.63, 3.8) is 0 Å². The van der Waals surface area contributed by atoms with Gasteiger partial charge in [-0.1, -0.05) is 59.6 Å². The van der Waals surface area contributed by atoms with E-state index in [1.54, 1.807) is 11.1 Å². The monoisotopic (exact) mass is 522 g/mol. The highest BCUT2D eigenvalue weighted by atomic mass is 16.5. The number of amides is 1. The first-order chi connectivity index (χ1) is 17.6. The fourth-order valence-corrected chi connectivity index (χ4v) is 13.1. The minimum Gasteiger partial charge on any atom is -0.366 e. The number of ether oxygens (including phenoxy) is 1. The van der Waals surface area contributed by atoms with Crippen molar-refractivity contribution in [2.45, 2.75) is 137 Å². The molecular weight excluding hydrogens is 468 g/mol. The van der Waals surface area contributed by atoms with E-state index in [-0.39, 0.29) is 49.7 Å². The van der Waals surface area contributed by atoms with Crippen LogP contribution in [-0.4, -0.2) is 47.2 Å². The van der Waals surface area contributed by atoms with Crippen LogP contribution in [0.5, 0.6) is 0 Å². The highest BCUT2D eigenvalue weighted by molar-refractivity contribution is 5.77. The van der Waals surface area contributed by atoms with E-state index in [0.29, 0.717) is 12.3 Å². The highest BCUT2D eigenvalue weighted by Gasteiger charge is 2.79. The second-order valence-electron chi connectivity index (χ2n) is 17.0. The molecule has 3 aliphatic carbocycles. The Labute approximate surface area is 232 Å². The van der Waals surface area contributed by atoms with Crippen LogP contribution in [-0.2, 0) is 9.53 Å². The van der Waals surface area contributed by atoms with Crippen molar-refractivity contribution in [1.82, 2.24) is 10.2 Å². The van der Waals surface area contributed by atoms with Gasteiger partial charge >= 0.3 is 0 Å². The number of fused-ring (bicyclic) bond motifs is 5. The maximum Gasteiger partial charge on any atom is 0.220 e. The molecule has 38 heavy (non-hydrogen) atoms. The summed E-state index contributed by atoms with van der Waals surface area (Å²) in [6.07, 6.45) is 10.1. The van der Waals surface area contributed by atoms with Crippen molar-refractivity contribution >= 4 is 5.91 Å². The SMILES string of the molecule is CC1=C2CC3(C)C4(C)CCNC(=O)CC4(C)CCC3(C)C2(C)CCC2(C1)OC1(C)CC(C)CN3CC31C2C. The first kappa shape index (κ1) is 26.1. The Kier molecular flexibility index (Phi) is 4.88. The number of piperidine rings is 1. The lowest BCUT2D eigenvalue weighted by molar-refractivity contribution is -0.194. The maximum absolute atomic E-state index is 12.8. The normalized spacial score (nSPS) is 61.2. The van der Waals surface area contributed by atoms with Gasteiger partial charge in [-0.25, -0.2) is 0 Å². The minimum absolute atomic E-state index is 0.00614. The summed E-state index contributed by atoms with van der Waals surface area (Å²) in [4.78, 5) is 15.6. The summed E-state index contributed by atoms with van der Waals surface area (Å²) in [5, 5.41) is 3.26. The summed E-state index contributed by atoms with van der Waals surface area (Å²) in [6.45, 7) is 26.2. The van der Waals surface area contributed by atoms with Gasteiger partial charge in [-0.2, -0.15) is 0 Å². The number of hydrogen-bond donors (Lipinski definition) is 1. The van der Waals surface area contributed by atoms with Gasteiger partial charge in [0, 0.05) is 32.0 Å². The van der Waals surface area contributed by atoms with E-state index >= 15 is 0 Å². The Morgan fingerprint density at radius 2 is 1.61 bits per heavy atom. The largest absolute Gasteiger partial charge is 0.366 e. The molecule has 7 aliphatic rings. The average molecular weight is 523 g/mol. The van der Waals surface area contributed by atoms with Gasteiger partial charge in [-0.3, -0.25) is 9.69 Å². The lowest BCUT2D eigenvalue weighted by Gasteiger charge is -2.67. The van der Waals surface area contributed by atoms with Gasteiger partial charge in [-0.05, 0) is 98.2 Å². The zero-order valence-corrected chi connectivity index (χ0v) is 25.9. The first-order valence-electron chi connectivity index (χ1n) is 16.0. The Balaban J connectivity index is 1.31. The Morgan fingerprint density at radius 3 is 2.34 bits per heavy atom. The van der Waals surface area contributed by atoms with Crippen LogP contribution in [0.15, 0.2) is 11.1 Å². The van der Waals surface area contributed by atoms with E-state index < -0.39 is 0 Å². The molecule has 11 atom stereocenters. The molecule has 2 spiro atoms. The van der Waals surface area contributed by atoms with E-state index in [1.807, 2.05) is 0 Å². The molecule has 6 fully saturated rings. The molecular formula is C34H54N2O2. The number of carbonyl (C=O) groups excluding carboxylic acids is 1. The zero-order valence-electron chi connectivity index (χ0n) is 25.9. The molecule has 11 unspecified atom stereocenters. The second kappa shape index (κ2) is 7.12. The van der Waals surface area contributed by atoms with E-state index in [9.17, 15) is 4.79 Å². The summed E-state index contributed by atoms with van der Waals surface area (Å²) >= 11 is 0. The molecule has 0 aromatic heterocycles. The molecule has 4 aliphatic heterocycles. The quantitative estimate of drug-likeness (QED) is 0.278. The van der Waals surface area contributed by atoms with Gasteiger partial charge in [0.25, 0.3) is 0 Å². The third kappa shape index (κ3) is 2.57. The molecule has 2 saturated carbocycles. The van der Waals surface area contributed by atoms with E-state index in [2.05, 4.69) is 72.5 Å². The standard InChI is InChI=1S/C34H54N2O2/c1-22-16-32(9)34(21-36(34)20-22)24(3)33(38-32)13-11-28(5)25(23(2)17-33)18-31(8)29(6)14-15-35-26(37)19-27(29,4)10-12-30(28,31)7/h22,24H,10-21H2,1-9H3,(H,35,37). The molecule has 4 saturated heterocycles. The molecule has 0 aromatic carbocycles. The average Bonchev–Trinajstić information content (AvgIpc) is 3.52. The number of rotatable bonds is 0. The van der Waals surface area contributed by atoms with Crippen LogP contribution in [0, 0.1) is 38.9 Å². The van der Waals surface area contributed by atoms with Crippen LogP contribution in [0.3, 0.4) is 0 Å². The van der Waals surface area contributed by atoms with Crippen LogP contribution in [0.2, 0.25) is 0 Å². The van der Waals surface area contributed by atoms with E-state index in [4.69, 9.17) is 4.74 Å². The highest BCUT2D eigenvalue weighted by Crippen LogP contribution is 2.82. The Morgan fingerprint density at radius 1 is 0.868 bits per heavy atom. The van der Waals surface area contributed by atoms with Crippen LogP contribution >= 0.6 is 0 Å². The first-order valence-corrected chi connectivity index (χ1v) is 16.0. The van der Waals surface area contributed by atoms with Crippen LogP contribution in [0.4, 0.5) is 0 Å². The topological polar surface area (TPSA) is 41.3 Å². The van der Waals surface area contributed by atoms with Crippen molar-refractivity contribution in [2.75, 3.05) is 19.6 Å². The molecule has 7 rings (SSSR count). The van der Waals surface area contributed by atoms with Gasteiger partial charge in [0.05, 0.1) is 16.7 Å². The summed E-state index contributed by atoms with van der Waals surface area (Å²) in [7, 11) is 0. The second-order valence-corrected chi connectivity index (χ2v) is 17.0. The lowest BCUT2D eigenvalue weighted by Crippen LogP contribution is -2.61. The van der Waals surface area contributed by atoms with Crippen molar-refractivity contribution in [1.29, 1.82) is 0 Å². The number of hydrogen-bond acceptors (Lipinski definition) is 3. The number of carbonyl (C=O) groups is 1. The Hall–Kier alpha value is -0.870. The lowest BCUT2D eigenvalue weighted by atomic mass is 9.36. The van der Waals surface area contributed by atoms with Crippen LogP contribution in [0.1, 0.15) is 120 Å². The predicted molar refractivity (Wildman–Crippen MR) is 153 cm³/mol. The fourth-order valence-electron chi connectivity index (χ4n) is 13.1. The van der Waals surface area contributed by atoms with E-state index in [1.165, 1.54) is 45.2 Å². The van der Waals surface area contributed by atoms with Gasteiger partial charge < -0.3 is 10.1 Å². The van der Waals surface area contributed by atoms with Gasteiger partial charge in [0.1, 0.15) is 0 Å². The van der Waals surface area contributed by atoms with Crippen LogP contribution in [0.25, 0.3) is 0 Å². The zero-order chi connectivity index (χ0) is 27.4. The molecule has 4 heterocycles. The smallest absolute Gasteiger partial charge is 0.220 e. The van der Waals surface area contributed by atoms with Crippen molar-refractivity contribution in [3.8, 4) is 0 Å². The van der Waals surface area contributed by atoms with E-state index in [0.717, 1.165) is 31.7 Å². The summed E-state index contributed by atoms with van der Waals surface area (Å²) < 4.78 is 7.49.